The van der Waals surface area contributed by atoms with Gasteiger partial charge < -0.3 is 5.73 Å². The van der Waals surface area contributed by atoms with Crippen LogP contribution in [0.5, 0.6) is 0 Å². The Kier molecular flexibility index (Phi) is 9.18. The zero-order valence-corrected chi connectivity index (χ0v) is 11.3. The molecule has 2 unspecified atom stereocenters. The minimum absolute atomic E-state index is 0.362. The molecule has 1 nitrogen and oxygen atoms in total. The molecule has 0 aliphatic heterocycles. The van der Waals surface area contributed by atoms with Crippen molar-refractivity contribution >= 4 is 0 Å². The summed E-state index contributed by atoms with van der Waals surface area (Å²) in [5.74, 6) is 1.46. The molecule has 0 aromatic carbocycles. The summed E-state index contributed by atoms with van der Waals surface area (Å²) >= 11 is 0. The van der Waals surface area contributed by atoms with Gasteiger partial charge in [0.2, 0.25) is 0 Å². The first-order valence-corrected chi connectivity index (χ1v) is 6.85. The molecule has 0 amide bonds. The largest absolute Gasteiger partial charge is 0.328 e. The molecule has 0 bridgehead atoms. The summed E-state index contributed by atoms with van der Waals surface area (Å²) < 4.78 is 0. The van der Waals surface area contributed by atoms with E-state index in [0.717, 1.165) is 11.8 Å². The Balaban J connectivity index is 3.46. The molecular weight excluding hydrogens is 182 g/mol. The van der Waals surface area contributed by atoms with Crippen molar-refractivity contribution < 1.29 is 0 Å². The highest BCUT2D eigenvalue weighted by molar-refractivity contribution is 4.71. The zero-order chi connectivity index (χ0) is 11.7. The van der Waals surface area contributed by atoms with Crippen LogP contribution in [0.2, 0.25) is 0 Å². The second-order valence-corrected chi connectivity index (χ2v) is 5.32. The highest BCUT2D eigenvalue weighted by atomic mass is 14.6. The minimum Gasteiger partial charge on any atom is -0.328 e. The van der Waals surface area contributed by atoms with E-state index in [1.165, 1.54) is 44.9 Å². The highest BCUT2D eigenvalue weighted by Crippen LogP contribution is 2.21. The summed E-state index contributed by atoms with van der Waals surface area (Å²) in [4.78, 5) is 0. The third-order valence-corrected chi connectivity index (χ3v) is 3.42. The van der Waals surface area contributed by atoms with E-state index in [9.17, 15) is 0 Å². The third-order valence-electron chi connectivity index (χ3n) is 3.42. The van der Waals surface area contributed by atoms with Crippen molar-refractivity contribution in [3.05, 3.63) is 0 Å². The lowest BCUT2D eigenvalue weighted by atomic mass is 9.85. The predicted octanol–water partition coefficient (Wildman–Crippen LogP) is 4.36. The van der Waals surface area contributed by atoms with Crippen molar-refractivity contribution in [2.45, 2.75) is 78.7 Å². The summed E-state index contributed by atoms with van der Waals surface area (Å²) in [7, 11) is 0. The maximum absolute atomic E-state index is 6.00. The molecular formula is C14H31N. The lowest BCUT2D eigenvalue weighted by Gasteiger charge is -2.24. The van der Waals surface area contributed by atoms with Crippen LogP contribution < -0.4 is 5.73 Å². The molecule has 0 aromatic heterocycles. The van der Waals surface area contributed by atoms with E-state index in [-0.39, 0.29) is 0 Å². The summed E-state index contributed by atoms with van der Waals surface area (Å²) in [5, 5.41) is 0. The van der Waals surface area contributed by atoms with Gasteiger partial charge in [0.1, 0.15) is 0 Å². The van der Waals surface area contributed by atoms with Gasteiger partial charge in [0.05, 0.1) is 0 Å². The summed E-state index contributed by atoms with van der Waals surface area (Å²) in [5.41, 5.74) is 6.00. The van der Waals surface area contributed by atoms with E-state index in [0.29, 0.717) is 6.04 Å². The van der Waals surface area contributed by atoms with Crippen LogP contribution >= 0.6 is 0 Å². The molecule has 2 atom stereocenters. The monoisotopic (exact) mass is 213 g/mol. The van der Waals surface area contributed by atoms with Crippen molar-refractivity contribution in [1.29, 1.82) is 0 Å². The van der Waals surface area contributed by atoms with Gasteiger partial charge in [-0.3, -0.25) is 0 Å². The van der Waals surface area contributed by atoms with Crippen LogP contribution in [0, 0.1) is 11.8 Å². The summed E-state index contributed by atoms with van der Waals surface area (Å²) in [6.45, 7) is 9.02. The maximum Gasteiger partial charge on any atom is 0.00412 e. The molecule has 2 N–H and O–H groups in total. The van der Waals surface area contributed by atoms with E-state index in [4.69, 9.17) is 5.73 Å². The van der Waals surface area contributed by atoms with Gasteiger partial charge in [-0.15, -0.1) is 0 Å². The topological polar surface area (TPSA) is 26.0 Å². The molecule has 0 saturated heterocycles. The van der Waals surface area contributed by atoms with Crippen LogP contribution in [0.25, 0.3) is 0 Å². The van der Waals surface area contributed by atoms with Gasteiger partial charge in [0, 0.05) is 6.04 Å². The Bertz CT molecular complexity index is 121. The van der Waals surface area contributed by atoms with Crippen molar-refractivity contribution in [2.24, 2.45) is 17.6 Å². The van der Waals surface area contributed by atoms with Crippen LogP contribution in [0.15, 0.2) is 0 Å². The fourth-order valence-corrected chi connectivity index (χ4v) is 2.36. The zero-order valence-electron chi connectivity index (χ0n) is 11.3. The van der Waals surface area contributed by atoms with Crippen molar-refractivity contribution in [1.82, 2.24) is 0 Å². The number of hydrogen-bond donors (Lipinski definition) is 1. The lowest BCUT2D eigenvalue weighted by Crippen LogP contribution is -2.30. The summed E-state index contributed by atoms with van der Waals surface area (Å²) in [6.07, 6.45) is 9.67. The molecule has 0 aromatic rings. The fraction of sp³-hybridized carbons (Fsp3) is 1.00. The average molecular weight is 213 g/mol. The third kappa shape index (κ3) is 7.84. The molecule has 0 heterocycles. The molecule has 0 radical (unpaired) electrons. The summed E-state index contributed by atoms with van der Waals surface area (Å²) in [6, 6.07) is 0.362. The van der Waals surface area contributed by atoms with E-state index < -0.39 is 0 Å². The maximum atomic E-state index is 6.00. The molecule has 0 aliphatic carbocycles. The number of rotatable bonds is 9. The first-order chi connectivity index (χ1) is 7.09. The van der Waals surface area contributed by atoms with Crippen LogP contribution in [-0.2, 0) is 0 Å². The lowest BCUT2D eigenvalue weighted by molar-refractivity contribution is 0.300. The van der Waals surface area contributed by atoms with Crippen LogP contribution in [0.4, 0.5) is 0 Å². The standard InChI is InChI=1S/C14H31N/c1-5-6-7-8-9-10-11-14(12(2)3)13(4)15/h12-14H,5-11,15H2,1-4H3. The molecule has 0 spiro atoms. The van der Waals surface area contributed by atoms with E-state index >= 15 is 0 Å². The molecule has 0 rings (SSSR count). The highest BCUT2D eigenvalue weighted by Gasteiger charge is 2.16. The van der Waals surface area contributed by atoms with Gasteiger partial charge in [0.25, 0.3) is 0 Å². The van der Waals surface area contributed by atoms with Gasteiger partial charge in [-0.2, -0.15) is 0 Å². The first kappa shape index (κ1) is 15.0. The second-order valence-electron chi connectivity index (χ2n) is 5.32. The Hall–Kier alpha value is -0.0400. The van der Waals surface area contributed by atoms with E-state index in [1.807, 2.05) is 0 Å². The predicted molar refractivity (Wildman–Crippen MR) is 70.0 cm³/mol. The second kappa shape index (κ2) is 9.21. The van der Waals surface area contributed by atoms with Crippen molar-refractivity contribution in [3.8, 4) is 0 Å². The van der Waals surface area contributed by atoms with Crippen LogP contribution in [0.1, 0.15) is 72.6 Å². The molecule has 92 valence electrons. The normalized spacial score (nSPS) is 15.6. The van der Waals surface area contributed by atoms with Gasteiger partial charge in [-0.1, -0.05) is 59.3 Å². The van der Waals surface area contributed by atoms with Gasteiger partial charge >= 0.3 is 0 Å². The van der Waals surface area contributed by atoms with Gasteiger partial charge in [0.15, 0.2) is 0 Å². The molecule has 15 heavy (non-hydrogen) atoms. The molecule has 0 aliphatic rings. The van der Waals surface area contributed by atoms with E-state index in [1.54, 1.807) is 0 Å². The molecule has 0 saturated carbocycles. The number of hydrogen-bond acceptors (Lipinski definition) is 1. The number of nitrogens with two attached hydrogens (primary N) is 1. The van der Waals surface area contributed by atoms with Gasteiger partial charge in [-0.25, -0.2) is 0 Å². The van der Waals surface area contributed by atoms with E-state index in [2.05, 4.69) is 27.7 Å². The Labute approximate surface area is 96.8 Å². The first-order valence-electron chi connectivity index (χ1n) is 6.85. The van der Waals surface area contributed by atoms with Crippen molar-refractivity contribution in [3.63, 3.8) is 0 Å². The van der Waals surface area contributed by atoms with Crippen LogP contribution in [0.3, 0.4) is 0 Å². The van der Waals surface area contributed by atoms with Crippen LogP contribution in [-0.4, -0.2) is 6.04 Å². The average Bonchev–Trinajstić information content (AvgIpc) is 2.15. The Morgan fingerprint density at radius 1 is 0.867 bits per heavy atom. The number of unbranched alkanes of at least 4 members (excludes halogenated alkanes) is 5. The fourth-order valence-electron chi connectivity index (χ4n) is 2.36. The minimum atomic E-state index is 0.362. The SMILES string of the molecule is CCCCCCCCC(C(C)C)C(C)N. The van der Waals surface area contributed by atoms with Crippen molar-refractivity contribution in [2.75, 3.05) is 0 Å². The Morgan fingerprint density at radius 2 is 1.40 bits per heavy atom. The smallest absolute Gasteiger partial charge is 0.00412 e. The molecule has 0 fully saturated rings. The molecule has 1 heteroatoms. The van der Waals surface area contributed by atoms with Gasteiger partial charge in [-0.05, 0) is 25.2 Å². The Morgan fingerprint density at radius 3 is 1.87 bits per heavy atom. The quantitative estimate of drug-likeness (QED) is 0.566.